The molecular weight excluding hydrogens is 258 g/mol. The van der Waals surface area contributed by atoms with Crippen LogP contribution in [0.1, 0.15) is 6.92 Å². The van der Waals surface area contributed by atoms with Crippen molar-refractivity contribution in [3.63, 3.8) is 0 Å². The molecule has 0 aliphatic carbocycles. The molecular formula is C11H19N9. The predicted octanol–water partition coefficient (Wildman–Crippen LogP) is -0.142. The topological polar surface area (TPSA) is 96.7 Å². The van der Waals surface area contributed by atoms with E-state index >= 15 is 0 Å². The number of rotatable bonds is 7. The van der Waals surface area contributed by atoms with Crippen molar-refractivity contribution in [2.24, 2.45) is 0 Å². The van der Waals surface area contributed by atoms with E-state index in [-0.39, 0.29) is 0 Å². The van der Waals surface area contributed by atoms with Gasteiger partial charge in [0, 0.05) is 20.1 Å². The third-order valence-corrected chi connectivity index (χ3v) is 2.79. The second kappa shape index (κ2) is 6.75. The Morgan fingerprint density at radius 2 is 2.05 bits per heavy atom. The molecule has 0 aliphatic rings. The molecule has 0 spiro atoms. The van der Waals surface area contributed by atoms with Crippen molar-refractivity contribution >= 4 is 11.9 Å². The summed E-state index contributed by atoms with van der Waals surface area (Å²) in [5.41, 5.74) is 0. The van der Waals surface area contributed by atoms with Crippen LogP contribution in [0.25, 0.3) is 5.95 Å². The predicted molar refractivity (Wildman–Crippen MR) is 76.0 cm³/mol. The lowest BCUT2D eigenvalue weighted by atomic mass is 10.5. The van der Waals surface area contributed by atoms with Crippen molar-refractivity contribution in [1.29, 1.82) is 0 Å². The number of hydrogen-bond donors (Lipinski definition) is 2. The van der Waals surface area contributed by atoms with Gasteiger partial charge in [0.2, 0.25) is 11.9 Å². The van der Waals surface area contributed by atoms with Gasteiger partial charge in [0.05, 0.1) is 0 Å². The third kappa shape index (κ3) is 3.60. The first kappa shape index (κ1) is 14.1. The molecule has 108 valence electrons. The lowest BCUT2D eigenvalue weighted by Crippen LogP contribution is -2.25. The van der Waals surface area contributed by atoms with Gasteiger partial charge in [0.25, 0.3) is 5.95 Å². The van der Waals surface area contributed by atoms with Crippen LogP contribution in [0.2, 0.25) is 0 Å². The Kier molecular flexibility index (Phi) is 4.77. The van der Waals surface area contributed by atoms with Gasteiger partial charge >= 0.3 is 0 Å². The van der Waals surface area contributed by atoms with Crippen molar-refractivity contribution < 1.29 is 0 Å². The van der Waals surface area contributed by atoms with Crippen LogP contribution in [-0.2, 0) is 0 Å². The van der Waals surface area contributed by atoms with Crippen LogP contribution < -0.4 is 10.6 Å². The maximum absolute atomic E-state index is 4.32. The second-order valence-electron chi connectivity index (χ2n) is 4.20. The lowest BCUT2D eigenvalue weighted by molar-refractivity contribution is 0.367. The van der Waals surface area contributed by atoms with Crippen LogP contribution in [0.15, 0.2) is 12.7 Å². The van der Waals surface area contributed by atoms with E-state index in [1.807, 2.05) is 0 Å². The van der Waals surface area contributed by atoms with Gasteiger partial charge in [-0.15, -0.1) is 0 Å². The molecule has 0 unspecified atom stereocenters. The molecule has 0 fully saturated rings. The first-order valence-corrected chi connectivity index (χ1v) is 6.44. The maximum atomic E-state index is 4.32. The summed E-state index contributed by atoms with van der Waals surface area (Å²) >= 11 is 0. The van der Waals surface area contributed by atoms with Crippen LogP contribution in [0.3, 0.4) is 0 Å². The summed E-state index contributed by atoms with van der Waals surface area (Å²) in [6.45, 7) is 4.79. The highest BCUT2D eigenvalue weighted by atomic mass is 15.4. The molecule has 0 atom stereocenters. The van der Waals surface area contributed by atoms with E-state index in [9.17, 15) is 0 Å². The normalized spacial score (nSPS) is 10.8. The fourth-order valence-electron chi connectivity index (χ4n) is 1.49. The van der Waals surface area contributed by atoms with Gasteiger partial charge in [0.15, 0.2) is 0 Å². The summed E-state index contributed by atoms with van der Waals surface area (Å²) in [6, 6.07) is 0. The SMILES string of the molecule is CCN(C)CCNc1nc(NC)nc(-n2cncn2)n1. The Balaban J connectivity index is 2.10. The molecule has 0 aliphatic heterocycles. The monoisotopic (exact) mass is 277 g/mol. The molecule has 2 rings (SSSR count). The molecule has 20 heavy (non-hydrogen) atoms. The number of nitrogens with zero attached hydrogens (tertiary/aromatic N) is 7. The summed E-state index contributed by atoms with van der Waals surface area (Å²) in [4.78, 5) is 18.9. The number of anilines is 2. The largest absolute Gasteiger partial charge is 0.357 e. The molecule has 9 nitrogen and oxygen atoms in total. The minimum absolute atomic E-state index is 0.424. The number of nitrogens with one attached hydrogen (secondary N) is 2. The molecule has 2 N–H and O–H groups in total. The molecule has 2 aromatic rings. The first-order valence-electron chi connectivity index (χ1n) is 6.44. The zero-order chi connectivity index (χ0) is 14.4. The zero-order valence-corrected chi connectivity index (χ0v) is 11.9. The first-order chi connectivity index (χ1) is 9.72. The van der Waals surface area contributed by atoms with E-state index in [0.717, 1.165) is 19.6 Å². The molecule has 0 saturated carbocycles. The number of likely N-dealkylation sites (N-methyl/N-ethyl adjacent to an activating group) is 1. The van der Waals surface area contributed by atoms with Crippen LogP contribution >= 0.6 is 0 Å². The van der Waals surface area contributed by atoms with Gasteiger partial charge in [-0.3, -0.25) is 0 Å². The molecule has 2 heterocycles. The van der Waals surface area contributed by atoms with E-state index in [1.165, 1.54) is 11.0 Å². The highest BCUT2D eigenvalue weighted by Gasteiger charge is 2.07. The van der Waals surface area contributed by atoms with Crippen LogP contribution in [-0.4, -0.2) is 68.3 Å². The van der Waals surface area contributed by atoms with E-state index in [1.54, 1.807) is 13.4 Å². The summed E-state index contributed by atoms with van der Waals surface area (Å²) in [7, 11) is 3.82. The minimum Gasteiger partial charge on any atom is -0.357 e. The van der Waals surface area contributed by atoms with E-state index < -0.39 is 0 Å². The molecule has 9 heteroatoms. The fourth-order valence-corrected chi connectivity index (χ4v) is 1.49. The van der Waals surface area contributed by atoms with Gasteiger partial charge < -0.3 is 15.5 Å². The van der Waals surface area contributed by atoms with Crippen molar-refractivity contribution in [3.8, 4) is 5.95 Å². The van der Waals surface area contributed by atoms with Gasteiger partial charge in [-0.2, -0.15) is 24.7 Å². The van der Waals surface area contributed by atoms with Crippen LogP contribution in [0.4, 0.5) is 11.9 Å². The Bertz CT molecular complexity index is 525. The van der Waals surface area contributed by atoms with Crippen molar-refractivity contribution in [2.75, 3.05) is 44.4 Å². The maximum Gasteiger partial charge on any atom is 0.258 e. The average Bonchev–Trinajstić information content (AvgIpc) is 3.01. The summed E-state index contributed by atoms with van der Waals surface area (Å²) in [5, 5.41) is 10.1. The summed E-state index contributed by atoms with van der Waals surface area (Å²) < 4.78 is 1.49. The third-order valence-electron chi connectivity index (χ3n) is 2.79. The lowest BCUT2D eigenvalue weighted by Gasteiger charge is -2.14. The van der Waals surface area contributed by atoms with Gasteiger partial charge in [-0.25, -0.2) is 4.98 Å². The van der Waals surface area contributed by atoms with Gasteiger partial charge in [-0.05, 0) is 13.6 Å². The highest BCUT2D eigenvalue weighted by molar-refractivity contribution is 5.37. The highest BCUT2D eigenvalue weighted by Crippen LogP contribution is 2.07. The number of hydrogen-bond acceptors (Lipinski definition) is 8. The molecule has 0 bridgehead atoms. The Hall–Kier alpha value is -2.29. The van der Waals surface area contributed by atoms with Crippen LogP contribution in [0.5, 0.6) is 0 Å². The zero-order valence-electron chi connectivity index (χ0n) is 11.9. The molecule has 2 aromatic heterocycles. The average molecular weight is 277 g/mol. The number of aromatic nitrogens is 6. The quantitative estimate of drug-likeness (QED) is 0.721. The molecule has 0 saturated heterocycles. The van der Waals surface area contributed by atoms with Crippen molar-refractivity contribution in [1.82, 2.24) is 34.6 Å². The van der Waals surface area contributed by atoms with Gasteiger partial charge in [0.1, 0.15) is 12.7 Å². The van der Waals surface area contributed by atoms with Gasteiger partial charge in [-0.1, -0.05) is 6.92 Å². The molecule has 0 amide bonds. The van der Waals surface area contributed by atoms with Crippen molar-refractivity contribution in [3.05, 3.63) is 12.7 Å². The Morgan fingerprint density at radius 3 is 2.70 bits per heavy atom. The minimum atomic E-state index is 0.424. The van der Waals surface area contributed by atoms with Crippen molar-refractivity contribution in [2.45, 2.75) is 6.92 Å². The molecule has 0 radical (unpaired) electrons. The van der Waals surface area contributed by atoms with E-state index in [4.69, 9.17) is 0 Å². The summed E-state index contributed by atoms with van der Waals surface area (Å²) in [6.07, 6.45) is 2.98. The van der Waals surface area contributed by atoms with E-state index in [0.29, 0.717) is 17.8 Å². The smallest absolute Gasteiger partial charge is 0.258 e. The fraction of sp³-hybridized carbons (Fsp3) is 0.545. The Labute approximate surface area is 117 Å². The van der Waals surface area contributed by atoms with E-state index in [2.05, 4.69) is 54.5 Å². The van der Waals surface area contributed by atoms with Crippen LogP contribution in [0, 0.1) is 0 Å². The Morgan fingerprint density at radius 1 is 1.25 bits per heavy atom. The second-order valence-corrected chi connectivity index (χ2v) is 4.20. The standard InChI is InChI=1S/C11H19N9/c1-4-19(3)6-5-14-10-16-9(12-2)17-11(18-10)20-8-13-7-15-20/h7-8H,4-6H2,1-3H3,(H2,12,14,16,17,18). The molecule has 0 aromatic carbocycles. The summed E-state index contributed by atoms with van der Waals surface area (Å²) in [5.74, 6) is 1.42.